The van der Waals surface area contributed by atoms with Crippen molar-refractivity contribution in [2.75, 3.05) is 28.2 Å². The standard InChI is InChI=1S/C5H12N3OPS/c1-7(2)10(9,6-5-11)8(3)4/h1-4H3. The minimum atomic E-state index is -2.79. The highest BCUT2D eigenvalue weighted by atomic mass is 32.1. The van der Waals surface area contributed by atoms with Gasteiger partial charge in [0.1, 0.15) is 0 Å². The minimum absolute atomic E-state index is 1.53. The monoisotopic (exact) mass is 193 g/mol. The van der Waals surface area contributed by atoms with Crippen molar-refractivity contribution in [1.29, 1.82) is 0 Å². The highest BCUT2D eigenvalue weighted by Crippen LogP contribution is 2.50. The molecular weight excluding hydrogens is 181 g/mol. The zero-order chi connectivity index (χ0) is 9.07. The summed E-state index contributed by atoms with van der Waals surface area (Å²) in [5.74, 6) is 0. The second-order valence-corrected chi connectivity index (χ2v) is 5.41. The van der Waals surface area contributed by atoms with Crippen LogP contribution >= 0.6 is 19.8 Å². The second-order valence-electron chi connectivity index (χ2n) is 2.40. The fourth-order valence-corrected chi connectivity index (χ4v) is 2.09. The lowest BCUT2D eigenvalue weighted by Crippen LogP contribution is -2.19. The molecule has 0 aromatic carbocycles. The average molecular weight is 193 g/mol. The molecule has 0 heterocycles. The first-order valence-electron chi connectivity index (χ1n) is 3.00. The summed E-state index contributed by atoms with van der Waals surface area (Å²) in [6, 6.07) is 0. The van der Waals surface area contributed by atoms with Gasteiger partial charge >= 0.3 is 7.59 Å². The van der Waals surface area contributed by atoms with Gasteiger partial charge in [0.2, 0.25) is 0 Å². The molecule has 0 aliphatic rings. The van der Waals surface area contributed by atoms with Crippen molar-refractivity contribution >= 4 is 25.0 Å². The fourth-order valence-electron chi connectivity index (χ4n) is 0.590. The number of thiocarbonyl (C=S) groups is 1. The van der Waals surface area contributed by atoms with Gasteiger partial charge in [-0.2, -0.15) is 0 Å². The van der Waals surface area contributed by atoms with E-state index in [1.807, 2.05) is 0 Å². The van der Waals surface area contributed by atoms with E-state index in [9.17, 15) is 4.57 Å². The molecule has 11 heavy (non-hydrogen) atoms. The van der Waals surface area contributed by atoms with E-state index in [1.54, 1.807) is 28.2 Å². The Balaban J connectivity index is 4.83. The van der Waals surface area contributed by atoms with Crippen LogP contribution in [0.15, 0.2) is 4.76 Å². The zero-order valence-corrected chi connectivity index (χ0v) is 8.82. The zero-order valence-electron chi connectivity index (χ0n) is 7.11. The van der Waals surface area contributed by atoms with Crippen LogP contribution < -0.4 is 0 Å². The van der Waals surface area contributed by atoms with Crippen LogP contribution in [0, 0.1) is 0 Å². The van der Waals surface area contributed by atoms with Crippen molar-refractivity contribution in [2.45, 2.75) is 0 Å². The molecule has 4 nitrogen and oxygen atoms in total. The Morgan fingerprint density at radius 1 is 1.27 bits per heavy atom. The van der Waals surface area contributed by atoms with Crippen LogP contribution in [0.3, 0.4) is 0 Å². The number of rotatable bonds is 3. The molecule has 0 unspecified atom stereocenters. The van der Waals surface area contributed by atoms with E-state index in [0.29, 0.717) is 0 Å². The number of nitrogens with zero attached hydrogens (tertiary/aromatic N) is 3. The molecule has 0 aliphatic carbocycles. The summed E-state index contributed by atoms with van der Waals surface area (Å²) in [7, 11) is 3.98. The van der Waals surface area contributed by atoms with Crippen LogP contribution in [-0.2, 0) is 4.57 Å². The molecule has 0 rings (SSSR count). The van der Waals surface area contributed by atoms with E-state index >= 15 is 0 Å². The molecular formula is C5H12N3OPS. The Bertz CT molecular complexity index is 210. The molecule has 64 valence electrons. The minimum Gasteiger partial charge on any atom is -0.261 e. The van der Waals surface area contributed by atoms with Crippen LogP contribution in [0.1, 0.15) is 0 Å². The van der Waals surface area contributed by atoms with Crippen molar-refractivity contribution in [3.63, 3.8) is 0 Å². The Hall–Kier alpha value is -0.0500. The summed E-state index contributed by atoms with van der Waals surface area (Å²) in [5.41, 5.74) is 0. The summed E-state index contributed by atoms with van der Waals surface area (Å²) in [6.07, 6.45) is 0. The molecule has 6 heteroatoms. The molecule has 0 spiro atoms. The van der Waals surface area contributed by atoms with Gasteiger partial charge in [0.05, 0.1) is 5.16 Å². The molecule has 0 N–H and O–H groups in total. The lowest BCUT2D eigenvalue weighted by atomic mass is 11.3. The SMILES string of the molecule is CN(C)P(=O)(N=C=S)N(C)C. The Kier molecular flexibility index (Phi) is 4.08. The summed E-state index contributed by atoms with van der Waals surface area (Å²) >= 11 is 4.40. The largest absolute Gasteiger partial charge is 0.336 e. The van der Waals surface area contributed by atoms with Gasteiger partial charge in [0.25, 0.3) is 0 Å². The van der Waals surface area contributed by atoms with Crippen molar-refractivity contribution in [1.82, 2.24) is 9.34 Å². The number of hydrogen-bond donors (Lipinski definition) is 0. The quantitative estimate of drug-likeness (QED) is 0.385. The van der Waals surface area contributed by atoms with Crippen molar-refractivity contribution in [3.05, 3.63) is 0 Å². The third-order valence-corrected chi connectivity index (χ3v) is 3.88. The lowest BCUT2D eigenvalue weighted by molar-refractivity contribution is 0.450. The molecule has 0 atom stereocenters. The van der Waals surface area contributed by atoms with Gasteiger partial charge in [-0.05, 0) is 40.4 Å². The first-order valence-corrected chi connectivity index (χ1v) is 4.97. The van der Waals surface area contributed by atoms with E-state index in [2.05, 4.69) is 22.1 Å². The molecule has 0 aliphatic heterocycles. The van der Waals surface area contributed by atoms with Crippen molar-refractivity contribution in [2.24, 2.45) is 4.76 Å². The predicted octanol–water partition coefficient (Wildman–Crippen LogP) is 1.32. The topological polar surface area (TPSA) is 35.9 Å². The van der Waals surface area contributed by atoms with Gasteiger partial charge in [-0.15, -0.1) is 4.76 Å². The van der Waals surface area contributed by atoms with Gasteiger partial charge in [-0.1, -0.05) is 0 Å². The molecule has 0 saturated heterocycles. The predicted molar refractivity (Wildman–Crippen MR) is 50.0 cm³/mol. The first-order chi connectivity index (χ1) is 4.95. The molecule has 0 amide bonds. The highest BCUT2D eigenvalue weighted by Gasteiger charge is 2.26. The number of isothiocyanates is 1. The molecule has 0 fully saturated rings. The van der Waals surface area contributed by atoms with Crippen LogP contribution in [0.25, 0.3) is 0 Å². The van der Waals surface area contributed by atoms with E-state index in [4.69, 9.17) is 0 Å². The maximum absolute atomic E-state index is 11.8. The van der Waals surface area contributed by atoms with Gasteiger partial charge < -0.3 is 0 Å². The van der Waals surface area contributed by atoms with Crippen LogP contribution in [0.5, 0.6) is 0 Å². The molecule has 0 radical (unpaired) electrons. The maximum atomic E-state index is 11.8. The normalized spacial score (nSPS) is 11.8. The average Bonchev–Trinajstić information content (AvgIpc) is 1.87. The van der Waals surface area contributed by atoms with E-state index in [0.717, 1.165) is 0 Å². The van der Waals surface area contributed by atoms with Crippen molar-refractivity contribution < 1.29 is 4.57 Å². The third kappa shape index (κ3) is 2.47. The third-order valence-electron chi connectivity index (χ3n) is 1.21. The maximum Gasteiger partial charge on any atom is 0.336 e. The summed E-state index contributed by atoms with van der Waals surface area (Å²) in [6.45, 7) is 0. The van der Waals surface area contributed by atoms with Gasteiger partial charge in [0.15, 0.2) is 0 Å². The Morgan fingerprint density at radius 3 is 1.73 bits per heavy atom. The molecule has 0 saturated carbocycles. The van der Waals surface area contributed by atoms with Gasteiger partial charge in [0, 0.05) is 0 Å². The lowest BCUT2D eigenvalue weighted by Gasteiger charge is -2.24. The molecule has 0 aromatic heterocycles. The Morgan fingerprint density at radius 2 is 1.64 bits per heavy atom. The molecule has 0 bridgehead atoms. The van der Waals surface area contributed by atoms with Gasteiger partial charge in [-0.3, -0.25) is 4.57 Å². The van der Waals surface area contributed by atoms with E-state index in [-0.39, 0.29) is 0 Å². The van der Waals surface area contributed by atoms with E-state index in [1.165, 1.54) is 9.34 Å². The Labute approximate surface area is 72.4 Å². The second kappa shape index (κ2) is 4.10. The summed E-state index contributed by atoms with van der Waals surface area (Å²) < 4.78 is 18.5. The molecule has 0 aromatic rings. The van der Waals surface area contributed by atoms with Crippen molar-refractivity contribution in [3.8, 4) is 0 Å². The fraction of sp³-hybridized carbons (Fsp3) is 0.800. The van der Waals surface area contributed by atoms with Crippen LogP contribution in [0.2, 0.25) is 0 Å². The van der Waals surface area contributed by atoms with Crippen LogP contribution in [0.4, 0.5) is 0 Å². The summed E-state index contributed by atoms with van der Waals surface area (Å²) in [5, 5.41) is 2.13. The number of hydrogen-bond acceptors (Lipinski definition) is 2. The smallest absolute Gasteiger partial charge is 0.261 e. The first kappa shape index (κ1) is 11.0. The van der Waals surface area contributed by atoms with E-state index < -0.39 is 7.59 Å². The summed E-state index contributed by atoms with van der Waals surface area (Å²) in [4.78, 5) is 0. The van der Waals surface area contributed by atoms with Gasteiger partial charge in [-0.25, -0.2) is 9.34 Å². The van der Waals surface area contributed by atoms with Crippen LogP contribution in [-0.4, -0.2) is 42.7 Å². The highest BCUT2D eigenvalue weighted by molar-refractivity contribution is 7.78.